The number of hydrogen-bond donors (Lipinski definition) is 0. The Bertz CT molecular complexity index is 263. The molecule has 1 saturated heterocycles. The number of nitrogens with zero attached hydrogens (tertiary/aromatic N) is 1. The summed E-state index contributed by atoms with van der Waals surface area (Å²) < 4.78 is 25.0. The van der Waals surface area contributed by atoms with Crippen LogP contribution in [0.2, 0.25) is 0 Å². The average molecular weight is 270 g/mol. The zero-order valence-electron chi connectivity index (χ0n) is 8.03. The van der Waals surface area contributed by atoms with Crippen molar-refractivity contribution in [2.75, 3.05) is 18.8 Å². The van der Waals surface area contributed by atoms with Crippen LogP contribution in [0.4, 0.5) is 0 Å². The summed E-state index contributed by atoms with van der Waals surface area (Å²) in [5.41, 5.74) is 0. The second kappa shape index (κ2) is 4.28. The Balaban J connectivity index is 2.60. The number of alkyl halides is 1. The van der Waals surface area contributed by atoms with Gasteiger partial charge in [0.05, 0.1) is 5.75 Å². The normalized spacial score (nSPS) is 25.7. The lowest BCUT2D eigenvalue weighted by molar-refractivity contribution is 0.471. The third-order valence-corrected chi connectivity index (χ3v) is 4.98. The lowest BCUT2D eigenvalue weighted by Crippen LogP contribution is -2.32. The number of sulfonamides is 1. The van der Waals surface area contributed by atoms with Crippen LogP contribution >= 0.6 is 15.9 Å². The second-order valence-electron chi connectivity index (χ2n) is 3.92. The molecule has 1 rings (SSSR count). The Labute approximate surface area is 88.7 Å². The maximum absolute atomic E-state index is 11.7. The van der Waals surface area contributed by atoms with E-state index >= 15 is 0 Å². The van der Waals surface area contributed by atoms with Gasteiger partial charge < -0.3 is 0 Å². The average Bonchev–Trinajstić information content (AvgIpc) is 2.32. The van der Waals surface area contributed by atoms with E-state index in [0.717, 1.165) is 6.42 Å². The molecular formula is C8H16BrNO2S. The first-order chi connectivity index (χ1) is 5.92. The molecule has 0 aromatic rings. The number of rotatable bonds is 3. The summed E-state index contributed by atoms with van der Waals surface area (Å²) in [6, 6.07) is 0. The summed E-state index contributed by atoms with van der Waals surface area (Å²) in [7, 11) is -2.99. The van der Waals surface area contributed by atoms with Gasteiger partial charge in [-0.25, -0.2) is 12.7 Å². The zero-order chi connectivity index (χ0) is 10.1. The summed E-state index contributed by atoms with van der Waals surface area (Å²) in [4.78, 5) is 0.342. The second-order valence-corrected chi connectivity index (χ2v) is 7.22. The van der Waals surface area contributed by atoms with Crippen LogP contribution in [0.5, 0.6) is 0 Å². The minimum atomic E-state index is -2.99. The molecule has 1 heterocycles. The first-order valence-electron chi connectivity index (χ1n) is 4.53. The van der Waals surface area contributed by atoms with E-state index in [1.54, 1.807) is 4.31 Å². The maximum Gasteiger partial charge on any atom is 0.214 e. The first kappa shape index (κ1) is 11.5. The maximum atomic E-state index is 11.7. The van der Waals surface area contributed by atoms with Crippen molar-refractivity contribution in [3.8, 4) is 0 Å². The van der Waals surface area contributed by atoms with Crippen molar-refractivity contribution in [2.24, 2.45) is 5.92 Å². The van der Waals surface area contributed by atoms with Gasteiger partial charge >= 0.3 is 0 Å². The molecule has 13 heavy (non-hydrogen) atoms. The molecule has 78 valence electrons. The summed E-state index contributed by atoms with van der Waals surface area (Å²) >= 11 is 3.43. The van der Waals surface area contributed by atoms with Gasteiger partial charge in [-0.3, -0.25) is 0 Å². The van der Waals surface area contributed by atoms with Gasteiger partial charge in [0.15, 0.2) is 0 Å². The predicted octanol–water partition coefficient (Wildman–Crippen LogP) is 1.44. The highest BCUT2D eigenvalue weighted by atomic mass is 79.9. The van der Waals surface area contributed by atoms with E-state index < -0.39 is 10.0 Å². The molecule has 1 atom stereocenters. The highest BCUT2D eigenvalue weighted by molar-refractivity contribution is 9.09. The standard InChI is InChI=1S/C8H16BrNO2S/c1-7(2)6-13(11,12)10-4-3-8(9)5-10/h7-8H,3-6H2,1-2H3. The van der Waals surface area contributed by atoms with Crippen LogP contribution in [0.3, 0.4) is 0 Å². The Morgan fingerprint density at radius 3 is 2.54 bits per heavy atom. The fourth-order valence-corrected chi connectivity index (χ4v) is 4.06. The van der Waals surface area contributed by atoms with Crippen LogP contribution in [0, 0.1) is 5.92 Å². The van der Waals surface area contributed by atoms with Gasteiger partial charge in [0.1, 0.15) is 0 Å². The Hall–Kier alpha value is 0.390. The smallest absolute Gasteiger partial charge is 0.212 e. The van der Waals surface area contributed by atoms with Gasteiger partial charge in [0.25, 0.3) is 0 Å². The molecule has 0 aliphatic carbocycles. The molecule has 0 spiro atoms. The molecular weight excluding hydrogens is 254 g/mol. The summed E-state index contributed by atoms with van der Waals surface area (Å²) in [5.74, 6) is 0.478. The predicted molar refractivity (Wildman–Crippen MR) is 57.5 cm³/mol. The molecule has 1 unspecified atom stereocenters. The number of hydrogen-bond acceptors (Lipinski definition) is 2. The summed E-state index contributed by atoms with van der Waals surface area (Å²) in [5, 5.41) is 0. The molecule has 0 aromatic carbocycles. The fraction of sp³-hybridized carbons (Fsp3) is 1.00. The van der Waals surface area contributed by atoms with Crippen LogP contribution in [-0.2, 0) is 10.0 Å². The van der Waals surface area contributed by atoms with Crippen LogP contribution in [0.15, 0.2) is 0 Å². The van der Waals surface area contributed by atoms with E-state index in [-0.39, 0.29) is 11.7 Å². The number of halogens is 1. The van der Waals surface area contributed by atoms with Crippen LogP contribution in [0.25, 0.3) is 0 Å². The van der Waals surface area contributed by atoms with Gasteiger partial charge in [-0.05, 0) is 12.3 Å². The minimum Gasteiger partial charge on any atom is -0.212 e. The van der Waals surface area contributed by atoms with E-state index in [1.807, 2.05) is 13.8 Å². The van der Waals surface area contributed by atoms with Crippen LogP contribution in [-0.4, -0.2) is 36.4 Å². The van der Waals surface area contributed by atoms with Gasteiger partial charge in [-0.2, -0.15) is 0 Å². The fourth-order valence-electron chi connectivity index (χ4n) is 1.47. The molecule has 0 radical (unpaired) electrons. The van der Waals surface area contributed by atoms with Crippen molar-refractivity contribution in [3.63, 3.8) is 0 Å². The van der Waals surface area contributed by atoms with E-state index in [9.17, 15) is 8.42 Å². The van der Waals surface area contributed by atoms with Crippen molar-refractivity contribution >= 4 is 26.0 Å². The molecule has 0 N–H and O–H groups in total. The first-order valence-corrected chi connectivity index (χ1v) is 7.06. The lowest BCUT2D eigenvalue weighted by atomic mass is 10.3. The Morgan fingerprint density at radius 1 is 1.54 bits per heavy atom. The third-order valence-electron chi connectivity index (χ3n) is 2.03. The van der Waals surface area contributed by atoms with Crippen molar-refractivity contribution in [1.29, 1.82) is 0 Å². The molecule has 0 amide bonds. The zero-order valence-corrected chi connectivity index (χ0v) is 10.4. The van der Waals surface area contributed by atoms with E-state index in [1.165, 1.54) is 0 Å². The van der Waals surface area contributed by atoms with Crippen LogP contribution in [0.1, 0.15) is 20.3 Å². The molecule has 1 fully saturated rings. The van der Waals surface area contributed by atoms with E-state index in [2.05, 4.69) is 15.9 Å². The van der Waals surface area contributed by atoms with Crippen molar-refractivity contribution in [3.05, 3.63) is 0 Å². The van der Waals surface area contributed by atoms with Crippen molar-refractivity contribution < 1.29 is 8.42 Å². The molecule has 1 aliphatic rings. The molecule has 1 aliphatic heterocycles. The highest BCUT2D eigenvalue weighted by Gasteiger charge is 2.30. The monoisotopic (exact) mass is 269 g/mol. The van der Waals surface area contributed by atoms with Gasteiger partial charge in [0.2, 0.25) is 10.0 Å². The Kier molecular flexibility index (Phi) is 3.77. The third kappa shape index (κ3) is 3.22. The molecule has 0 saturated carbocycles. The molecule has 3 nitrogen and oxygen atoms in total. The van der Waals surface area contributed by atoms with E-state index in [0.29, 0.717) is 17.9 Å². The van der Waals surface area contributed by atoms with Gasteiger partial charge in [-0.1, -0.05) is 29.8 Å². The van der Waals surface area contributed by atoms with Gasteiger partial charge in [-0.15, -0.1) is 0 Å². The topological polar surface area (TPSA) is 37.4 Å². The van der Waals surface area contributed by atoms with Crippen molar-refractivity contribution in [1.82, 2.24) is 4.31 Å². The SMILES string of the molecule is CC(C)CS(=O)(=O)N1CCC(Br)C1. The molecule has 5 heteroatoms. The molecule has 0 bridgehead atoms. The minimum absolute atomic E-state index is 0.208. The highest BCUT2D eigenvalue weighted by Crippen LogP contribution is 2.20. The largest absolute Gasteiger partial charge is 0.214 e. The quantitative estimate of drug-likeness (QED) is 0.728. The summed E-state index contributed by atoms with van der Waals surface area (Å²) in [6.07, 6.45) is 0.928. The molecule has 0 aromatic heterocycles. The van der Waals surface area contributed by atoms with Crippen LogP contribution < -0.4 is 0 Å². The Morgan fingerprint density at radius 2 is 2.15 bits per heavy atom. The summed E-state index contributed by atoms with van der Waals surface area (Å²) in [6.45, 7) is 5.17. The van der Waals surface area contributed by atoms with Crippen molar-refractivity contribution in [2.45, 2.75) is 25.1 Å². The lowest BCUT2D eigenvalue weighted by Gasteiger charge is -2.16. The van der Waals surface area contributed by atoms with Gasteiger partial charge in [0, 0.05) is 17.9 Å². The van der Waals surface area contributed by atoms with E-state index in [4.69, 9.17) is 0 Å².